The van der Waals surface area contributed by atoms with Crippen molar-refractivity contribution in [3.05, 3.63) is 32.4 Å². The summed E-state index contributed by atoms with van der Waals surface area (Å²) in [5.41, 5.74) is 0.766. The van der Waals surface area contributed by atoms with E-state index in [4.69, 9.17) is 11.6 Å². The topological polar surface area (TPSA) is 20.3 Å². The molecule has 1 aromatic rings. The lowest BCUT2D eigenvalue weighted by Gasteiger charge is -2.16. The van der Waals surface area contributed by atoms with Crippen LogP contribution in [0.1, 0.15) is 23.2 Å². The van der Waals surface area contributed by atoms with E-state index < -0.39 is 0 Å². The van der Waals surface area contributed by atoms with Crippen molar-refractivity contribution in [2.45, 2.75) is 12.8 Å². The van der Waals surface area contributed by atoms with Crippen LogP contribution in [0.5, 0.6) is 0 Å². The van der Waals surface area contributed by atoms with E-state index in [0.29, 0.717) is 5.02 Å². The Hall–Kier alpha value is -0.290. The molecule has 1 fully saturated rings. The third-order valence-electron chi connectivity index (χ3n) is 2.55. The van der Waals surface area contributed by atoms with Gasteiger partial charge in [0.15, 0.2) is 0 Å². The Morgan fingerprint density at radius 3 is 2.60 bits per heavy atom. The zero-order chi connectivity index (χ0) is 10.8. The van der Waals surface area contributed by atoms with E-state index in [1.54, 1.807) is 6.07 Å². The predicted molar refractivity (Wildman–Crippen MR) is 69.3 cm³/mol. The van der Waals surface area contributed by atoms with Gasteiger partial charge in [0, 0.05) is 21.7 Å². The summed E-state index contributed by atoms with van der Waals surface area (Å²) < 4.78 is 0.928. The molecule has 1 heterocycles. The average Bonchev–Trinajstić information content (AvgIpc) is 2.69. The Morgan fingerprint density at radius 2 is 2.00 bits per heavy atom. The molecule has 1 aromatic carbocycles. The molecule has 0 unspecified atom stereocenters. The van der Waals surface area contributed by atoms with Crippen LogP contribution in [0.4, 0.5) is 0 Å². The molecule has 0 aliphatic carbocycles. The van der Waals surface area contributed by atoms with E-state index in [-0.39, 0.29) is 5.91 Å². The third-order valence-corrected chi connectivity index (χ3v) is 3.68. The number of carbonyl (C=O) groups excluding carboxylic acids is 1. The average molecular weight is 336 g/mol. The summed E-state index contributed by atoms with van der Waals surface area (Å²) in [6, 6.07) is 5.41. The molecule has 4 heteroatoms. The molecule has 1 amide bonds. The number of carbonyl (C=O) groups is 1. The first-order valence-electron chi connectivity index (χ1n) is 4.93. The Bertz CT molecular complexity index is 388. The van der Waals surface area contributed by atoms with Crippen LogP contribution in [0.25, 0.3) is 0 Å². The summed E-state index contributed by atoms with van der Waals surface area (Å²) >= 11 is 8.01. The second kappa shape index (κ2) is 4.70. The summed E-state index contributed by atoms with van der Waals surface area (Å²) in [6.45, 7) is 1.77. The molecular formula is C11H11ClINO. The molecule has 15 heavy (non-hydrogen) atoms. The third kappa shape index (κ3) is 2.45. The van der Waals surface area contributed by atoms with Crippen LogP contribution in [0, 0.1) is 3.57 Å². The summed E-state index contributed by atoms with van der Waals surface area (Å²) in [6.07, 6.45) is 2.24. The number of halogens is 2. The van der Waals surface area contributed by atoms with Crippen molar-refractivity contribution in [2.75, 3.05) is 13.1 Å². The van der Waals surface area contributed by atoms with Crippen molar-refractivity contribution >= 4 is 40.1 Å². The summed E-state index contributed by atoms with van der Waals surface area (Å²) in [5.74, 6) is 0.133. The van der Waals surface area contributed by atoms with Crippen molar-refractivity contribution in [1.29, 1.82) is 0 Å². The van der Waals surface area contributed by atoms with E-state index in [9.17, 15) is 4.79 Å². The normalized spacial score (nSPS) is 15.7. The number of likely N-dealkylation sites (tertiary alicyclic amines) is 1. The lowest BCUT2D eigenvalue weighted by molar-refractivity contribution is 0.0792. The number of nitrogens with zero attached hydrogens (tertiary/aromatic N) is 1. The minimum Gasteiger partial charge on any atom is -0.339 e. The van der Waals surface area contributed by atoms with Crippen LogP contribution in [0.2, 0.25) is 5.02 Å². The van der Waals surface area contributed by atoms with Gasteiger partial charge in [-0.25, -0.2) is 0 Å². The Morgan fingerprint density at radius 1 is 1.33 bits per heavy atom. The minimum atomic E-state index is 0.133. The van der Waals surface area contributed by atoms with Crippen molar-refractivity contribution in [3.63, 3.8) is 0 Å². The molecule has 0 atom stereocenters. The molecule has 0 aromatic heterocycles. The summed E-state index contributed by atoms with van der Waals surface area (Å²) in [5, 5.41) is 0.678. The molecule has 2 nitrogen and oxygen atoms in total. The molecule has 1 aliphatic heterocycles. The van der Waals surface area contributed by atoms with Gasteiger partial charge in [-0.1, -0.05) is 11.6 Å². The number of rotatable bonds is 1. The van der Waals surface area contributed by atoms with Crippen LogP contribution >= 0.6 is 34.2 Å². The first kappa shape index (κ1) is 11.2. The molecule has 2 rings (SSSR count). The first-order chi connectivity index (χ1) is 7.18. The minimum absolute atomic E-state index is 0.133. The molecule has 1 saturated heterocycles. The van der Waals surface area contributed by atoms with Crippen LogP contribution in [-0.4, -0.2) is 23.9 Å². The fourth-order valence-electron chi connectivity index (χ4n) is 1.75. The zero-order valence-electron chi connectivity index (χ0n) is 8.17. The fourth-order valence-corrected chi connectivity index (χ4v) is 2.86. The van der Waals surface area contributed by atoms with Crippen LogP contribution in [0.15, 0.2) is 18.2 Å². The Kier molecular flexibility index (Phi) is 3.51. The van der Waals surface area contributed by atoms with Gasteiger partial charge in [-0.3, -0.25) is 4.79 Å². The molecule has 0 saturated carbocycles. The van der Waals surface area contributed by atoms with Crippen molar-refractivity contribution < 1.29 is 4.79 Å². The second-order valence-corrected chi connectivity index (χ2v) is 5.22. The highest BCUT2D eigenvalue weighted by atomic mass is 127. The van der Waals surface area contributed by atoms with Gasteiger partial charge in [0.2, 0.25) is 0 Å². The van der Waals surface area contributed by atoms with E-state index in [1.807, 2.05) is 17.0 Å². The first-order valence-corrected chi connectivity index (χ1v) is 6.38. The van der Waals surface area contributed by atoms with Gasteiger partial charge in [0.1, 0.15) is 0 Å². The SMILES string of the molecule is O=C(c1ccc(Cl)cc1I)N1CCCC1. The number of hydrogen-bond donors (Lipinski definition) is 0. The molecule has 0 N–H and O–H groups in total. The van der Waals surface area contributed by atoms with Crippen LogP contribution in [-0.2, 0) is 0 Å². The molecular weight excluding hydrogens is 324 g/mol. The molecule has 1 aliphatic rings. The van der Waals surface area contributed by atoms with Gasteiger partial charge in [-0.15, -0.1) is 0 Å². The van der Waals surface area contributed by atoms with E-state index in [0.717, 1.165) is 35.1 Å². The standard InChI is InChI=1S/C11H11ClINO/c12-8-3-4-9(10(13)7-8)11(15)14-5-1-2-6-14/h3-4,7H,1-2,5-6H2. The maximum Gasteiger partial charge on any atom is 0.254 e. The molecule has 80 valence electrons. The molecule has 0 bridgehead atoms. The van der Waals surface area contributed by atoms with Crippen LogP contribution in [0.3, 0.4) is 0 Å². The zero-order valence-corrected chi connectivity index (χ0v) is 11.1. The monoisotopic (exact) mass is 335 g/mol. The van der Waals surface area contributed by atoms with Crippen molar-refractivity contribution in [2.24, 2.45) is 0 Å². The van der Waals surface area contributed by atoms with Gasteiger partial charge in [0.05, 0.1) is 5.56 Å². The Balaban J connectivity index is 2.24. The quantitative estimate of drug-likeness (QED) is 0.722. The van der Waals surface area contributed by atoms with Gasteiger partial charge >= 0.3 is 0 Å². The lowest BCUT2D eigenvalue weighted by atomic mass is 10.2. The lowest BCUT2D eigenvalue weighted by Crippen LogP contribution is -2.28. The maximum absolute atomic E-state index is 12.1. The highest BCUT2D eigenvalue weighted by molar-refractivity contribution is 14.1. The highest BCUT2D eigenvalue weighted by Crippen LogP contribution is 2.21. The smallest absolute Gasteiger partial charge is 0.254 e. The number of amides is 1. The van der Waals surface area contributed by atoms with Gasteiger partial charge < -0.3 is 4.90 Å². The predicted octanol–water partition coefficient (Wildman–Crippen LogP) is 3.18. The second-order valence-electron chi connectivity index (χ2n) is 3.62. The molecule has 0 radical (unpaired) electrons. The number of hydrogen-bond acceptors (Lipinski definition) is 1. The fraction of sp³-hybridized carbons (Fsp3) is 0.364. The van der Waals surface area contributed by atoms with Crippen molar-refractivity contribution in [1.82, 2.24) is 4.90 Å². The van der Waals surface area contributed by atoms with Gasteiger partial charge in [-0.2, -0.15) is 0 Å². The Labute approximate surface area is 108 Å². The van der Waals surface area contributed by atoms with E-state index in [2.05, 4.69) is 22.6 Å². The maximum atomic E-state index is 12.1. The molecule has 0 spiro atoms. The van der Waals surface area contributed by atoms with Crippen molar-refractivity contribution in [3.8, 4) is 0 Å². The highest BCUT2D eigenvalue weighted by Gasteiger charge is 2.20. The largest absolute Gasteiger partial charge is 0.339 e. The van der Waals surface area contributed by atoms with E-state index >= 15 is 0 Å². The summed E-state index contributed by atoms with van der Waals surface area (Å²) in [7, 11) is 0. The summed E-state index contributed by atoms with van der Waals surface area (Å²) in [4.78, 5) is 14.0. The number of benzene rings is 1. The van der Waals surface area contributed by atoms with Gasteiger partial charge in [-0.05, 0) is 53.6 Å². The van der Waals surface area contributed by atoms with E-state index in [1.165, 1.54) is 0 Å². The van der Waals surface area contributed by atoms with Gasteiger partial charge in [0.25, 0.3) is 5.91 Å². The van der Waals surface area contributed by atoms with Crippen LogP contribution < -0.4 is 0 Å².